The first-order chi connectivity index (χ1) is 9.47. The van der Waals surface area contributed by atoms with E-state index in [9.17, 15) is 9.18 Å². The average Bonchev–Trinajstić information content (AvgIpc) is 2.39. The van der Waals surface area contributed by atoms with E-state index in [1.54, 1.807) is 24.1 Å². The van der Waals surface area contributed by atoms with Crippen molar-refractivity contribution >= 4 is 5.91 Å². The lowest BCUT2D eigenvalue weighted by Gasteiger charge is -2.19. The van der Waals surface area contributed by atoms with Gasteiger partial charge in [0.25, 0.3) is 0 Å². The molecule has 0 heterocycles. The molecule has 1 unspecified atom stereocenters. The molecule has 0 bridgehead atoms. The van der Waals surface area contributed by atoms with E-state index in [1.807, 2.05) is 6.92 Å². The predicted octanol–water partition coefficient (Wildman–Crippen LogP) is 2.31. The lowest BCUT2D eigenvalue weighted by Crippen LogP contribution is -2.32. The Labute approximate surface area is 119 Å². The Morgan fingerprint density at radius 2 is 2.20 bits per heavy atom. The number of methoxy groups -OCH3 is 1. The Bertz CT molecular complexity index is 451. The van der Waals surface area contributed by atoms with Crippen molar-refractivity contribution < 1.29 is 13.9 Å². The lowest BCUT2D eigenvalue weighted by molar-refractivity contribution is -0.130. The van der Waals surface area contributed by atoms with Gasteiger partial charge in [-0.25, -0.2) is 4.39 Å². The molecular formula is C15H23FN2O2. The second kappa shape index (κ2) is 7.85. The third-order valence-electron chi connectivity index (χ3n) is 3.16. The molecule has 0 aliphatic rings. The van der Waals surface area contributed by atoms with Gasteiger partial charge in [0, 0.05) is 26.1 Å². The van der Waals surface area contributed by atoms with Crippen molar-refractivity contribution in [2.45, 2.75) is 38.8 Å². The molecule has 0 spiro atoms. The van der Waals surface area contributed by atoms with Gasteiger partial charge < -0.3 is 15.4 Å². The molecule has 0 aliphatic carbocycles. The smallest absolute Gasteiger partial charge is 0.224 e. The number of amides is 1. The summed E-state index contributed by atoms with van der Waals surface area (Å²) in [5, 5.41) is 0. The van der Waals surface area contributed by atoms with Crippen molar-refractivity contribution in [2.75, 3.05) is 14.2 Å². The van der Waals surface area contributed by atoms with Crippen molar-refractivity contribution in [1.82, 2.24) is 4.90 Å². The van der Waals surface area contributed by atoms with Gasteiger partial charge in [-0.3, -0.25) is 4.79 Å². The molecule has 0 fully saturated rings. The summed E-state index contributed by atoms with van der Waals surface area (Å²) >= 11 is 0. The molecule has 0 saturated heterocycles. The van der Waals surface area contributed by atoms with Gasteiger partial charge in [-0.15, -0.1) is 0 Å². The Hall–Kier alpha value is -1.62. The van der Waals surface area contributed by atoms with Crippen LogP contribution in [0.25, 0.3) is 0 Å². The number of ether oxygens (including phenoxy) is 1. The van der Waals surface area contributed by atoms with Crippen LogP contribution in [-0.4, -0.2) is 31.0 Å². The zero-order valence-electron chi connectivity index (χ0n) is 12.4. The summed E-state index contributed by atoms with van der Waals surface area (Å²) in [7, 11) is 3.12. The second-order valence-corrected chi connectivity index (χ2v) is 4.97. The first-order valence-corrected chi connectivity index (χ1v) is 6.79. The van der Waals surface area contributed by atoms with Gasteiger partial charge in [0.05, 0.1) is 7.11 Å². The highest BCUT2D eigenvalue weighted by molar-refractivity contribution is 5.76. The maximum atomic E-state index is 13.6. The van der Waals surface area contributed by atoms with Crippen LogP contribution in [0.1, 0.15) is 31.7 Å². The molecule has 0 aliphatic heterocycles. The number of halogens is 1. The minimum absolute atomic E-state index is 0.0258. The fourth-order valence-corrected chi connectivity index (χ4v) is 2.02. The molecule has 1 rings (SSSR count). The van der Waals surface area contributed by atoms with Crippen molar-refractivity contribution in [1.29, 1.82) is 0 Å². The first-order valence-electron chi connectivity index (χ1n) is 6.79. The maximum Gasteiger partial charge on any atom is 0.224 e. The van der Waals surface area contributed by atoms with Crippen LogP contribution in [0, 0.1) is 5.82 Å². The zero-order chi connectivity index (χ0) is 15.1. The monoisotopic (exact) mass is 282 g/mol. The normalized spacial score (nSPS) is 12.1. The molecule has 2 N–H and O–H groups in total. The van der Waals surface area contributed by atoms with Gasteiger partial charge in [-0.2, -0.15) is 0 Å². The summed E-state index contributed by atoms with van der Waals surface area (Å²) in [4.78, 5) is 13.5. The summed E-state index contributed by atoms with van der Waals surface area (Å²) in [5.74, 6) is -0.247. The minimum atomic E-state index is -0.423. The summed E-state index contributed by atoms with van der Waals surface area (Å²) in [6.07, 6.45) is 2.11. The van der Waals surface area contributed by atoms with E-state index in [0.717, 1.165) is 18.4 Å². The van der Waals surface area contributed by atoms with Crippen molar-refractivity contribution in [2.24, 2.45) is 5.73 Å². The van der Waals surface area contributed by atoms with Crippen molar-refractivity contribution in [3.05, 3.63) is 29.6 Å². The van der Waals surface area contributed by atoms with Gasteiger partial charge in [0.1, 0.15) is 0 Å². The summed E-state index contributed by atoms with van der Waals surface area (Å²) < 4.78 is 18.4. The number of rotatable bonds is 7. The SMILES string of the molecule is CCCC(N)CC(=O)N(C)Cc1ccc(OC)c(F)c1. The summed E-state index contributed by atoms with van der Waals surface area (Å²) in [5.41, 5.74) is 6.58. The van der Waals surface area contributed by atoms with Gasteiger partial charge in [0.15, 0.2) is 11.6 Å². The van der Waals surface area contributed by atoms with E-state index < -0.39 is 5.82 Å². The molecule has 1 amide bonds. The van der Waals surface area contributed by atoms with Crippen LogP contribution in [0.3, 0.4) is 0 Å². The fraction of sp³-hybridized carbons (Fsp3) is 0.533. The summed E-state index contributed by atoms with van der Waals surface area (Å²) in [6, 6.07) is 4.58. The third kappa shape index (κ3) is 4.81. The molecule has 1 aromatic carbocycles. The standard InChI is InChI=1S/C15H23FN2O2/c1-4-5-12(17)9-15(19)18(2)10-11-6-7-14(20-3)13(16)8-11/h6-8,12H,4-5,9-10,17H2,1-3H3. The molecule has 112 valence electrons. The van der Waals surface area contributed by atoms with E-state index in [-0.39, 0.29) is 17.7 Å². The molecule has 4 nitrogen and oxygen atoms in total. The maximum absolute atomic E-state index is 13.6. The molecule has 1 aromatic rings. The number of nitrogens with zero attached hydrogens (tertiary/aromatic N) is 1. The van der Waals surface area contributed by atoms with Gasteiger partial charge in [-0.1, -0.05) is 19.4 Å². The minimum Gasteiger partial charge on any atom is -0.494 e. The topological polar surface area (TPSA) is 55.6 Å². The largest absolute Gasteiger partial charge is 0.494 e. The highest BCUT2D eigenvalue weighted by atomic mass is 19.1. The highest BCUT2D eigenvalue weighted by Crippen LogP contribution is 2.18. The number of hydrogen-bond acceptors (Lipinski definition) is 3. The quantitative estimate of drug-likeness (QED) is 0.835. The Morgan fingerprint density at radius 1 is 1.50 bits per heavy atom. The summed E-state index contributed by atoms with van der Waals surface area (Å²) in [6.45, 7) is 2.40. The molecule has 1 atom stereocenters. The highest BCUT2D eigenvalue weighted by Gasteiger charge is 2.14. The van der Waals surface area contributed by atoms with E-state index in [0.29, 0.717) is 13.0 Å². The number of nitrogens with two attached hydrogens (primary N) is 1. The molecule has 0 aromatic heterocycles. The van der Waals surface area contributed by atoms with Crippen molar-refractivity contribution in [3.8, 4) is 5.75 Å². The Balaban J connectivity index is 2.59. The third-order valence-corrected chi connectivity index (χ3v) is 3.16. The van der Waals surface area contributed by atoms with Crippen LogP contribution >= 0.6 is 0 Å². The van der Waals surface area contributed by atoms with E-state index in [1.165, 1.54) is 13.2 Å². The average molecular weight is 282 g/mol. The van der Waals surface area contributed by atoms with Gasteiger partial charge in [-0.05, 0) is 24.1 Å². The number of carbonyl (C=O) groups excluding carboxylic acids is 1. The van der Waals surface area contributed by atoms with Gasteiger partial charge in [0.2, 0.25) is 5.91 Å². The van der Waals surface area contributed by atoms with Crippen LogP contribution in [0.15, 0.2) is 18.2 Å². The van der Waals surface area contributed by atoms with Crippen LogP contribution in [-0.2, 0) is 11.3 Å². The van der Waals surface area contributed by atoms with E-state index >= 15 is 0 Å². The van der Waals surface area contributed by atoms with Crippen LogP contribution in [0.4, 0.5) is 4.39 Å². The first kappa shape index (κ1) is 16.4. The second-order valence-electron chi connectivity index (χ2n) is 4.97. The molecule has 20 heavy (non-hydrogen) atoms. The Morgan fingerprint density at radius 3 is 2.75 bits per heavy atom. The number of benzene rings is 1. The molecule has 0 radical (unpaired) electrons. The van der Waals surface area contributed by atoms with Crippen LogP contribution in [0.2, 0.25) is 0 Å². The number of hydrogen-bond donors (Lipinski definition) is 1. The van der Waals surface area contributed by atoms with E-state index in [2.05, 4.69) is 0 Å². The Kier molecular flexibility index (Phi) is 6.45. The van der Waals surface area contributed by atoms with Crippen molar-refractivity contribution in [3.63, 3.8) is 0 Å². The molecular weight excluding hydrogens is 259 g/mol. The lowest BCUT2D eigenvalue weighted by atomic mass is 10.1. The van der Waals surface area contributed by atoms with Crippen LogP contribution < -0.4 is 10.5 Å². The molecule has 5 heteroatoms. The fourth-order valence-electron chi connectivity index (χ4n) is 2.02. The number of carbonyl (C=O) groups is 1. The van der Waals surface area contributed by atoms with E-state index in [4.69, 9.17) is 10.5 Å². The predicted molar refractivity (Wildman–Crippen MR) is 76.9 cm³/mol. The van der Waals surface area contributed by atoms with Crippen LogP contribution in [0.5, 0.6) is 5.75 Å². The zero-order valence-corrected chi connectivity index (χ0v) is 12.4. The molecule has 0 saturated carbocycles. The van der Waals surface area contributed by atoms with Gasteiger partial charge >= 0.3 is 0 Å².